The standard InChI is InChI=1S/C20H32N2O3/c1-6-9-19(23)22(14-16-10-12-17(25-5)13-11-16)18(8-3)20(24)21-15(4)7-2/h10-13,15,18H,6-9,14H2,1-5H3,(H,21,24)/t15-,18-/m1/s1. The molecule has 0 spiro atoms. The zero-order valence-corrected chi connectivity index (χ0v) is 16.2. The zero-order valence-electron chi connectivity index (χ0n) is 16.2. The second-order valence-corrected chi connectivity index (χ2v) is 6.36. The van der Waals surface area contributed by atoms with E-state index >= 15 is 0 Å². The fourth-order valence-electron chi connectivity index (χ4n) is 2.65. The molecule has 0 fully saturated rings. The van der Waals surface area contributed by atoms with Crippen molar-refractivity contribution in [3.63, 3.8) is 0 Å². The molecule has 5 nitrogen and oxygen atoms in total. The third-order valence-corrected chi connectivity index (χ3v) is 4.36. The molecule has 0 unspecified atom stereocenters. The molecule has 2 atom stereocenters. The van der Waals surface area contributed by atoms with Crippen molar-refractivity contribution >= 4 is 11.8 Å². The van der Waals surface area contributed by atoms with E-state index in [9.17, 15) is 9.59 Å². The summed E-state index contributed by atoms with van der Waals surface area (Å²) in [6.07, 6.45) is 2.67. The Bertz CT molecular complexity index is 542. The highest BCUT2D eigenvalue weighted by molar-refractivity contribution is 5.87. The van der Waals surface area contributed by atoms with E-state index in [0.29, 0.717) is 19.4 Å². The first-order valence-corrected chi connectivity index (χ1v) is 9.19. The number of hydrogen-bond donors (Lipinski definition) is 1. The molecule has 1 rings (SSSR count). The van der Waals surface area contributed by atoms with Gasteiger partial charge in [-0.2, -0.15) is 0 Å². The predicted octanol–water partition coefficient (Wildman–Crippen LogP) is 3.52. The molecule has 0 aliphatic heterocycles. The Labute approximate surface area is 151 Å². The van der Waals surface area contributed by atoms with Crippen molar-refractivity contribution in [1.82, 2.24) is 10.2 Å². The minimum absolute atomic E-state index is 0.0180. The van der Waals surface area contributed by atoms with Gasteiger partial charge >= 0.3 is 0 Å². The Morgan fingerprint density at radius 1 is 1.12 bits per heavy atom. The van der Waals surface area contributed by atoms with Crippen LogP contribution in [0.1, 0.15) is 58.9 Å². The highest BCUT2D eigenvalue weighted by atomic mass is 16.5. The molecule has 25 heavy (non-hydrogen) atoms. The minimum atomic E-state index is -0.449. The smallest absolute Gasteiger partial charge is 0.243 e. The lowest BCUT2D eigenvalue weighted by molar-refractivity contribution is -0.141. The van der Waals surface area contributed by atoms with E-state index in [1.807, 2.05) is 52.0 Å². The molecule has 1 aromatic rings. The Hall–Kier alpha value is -2.04. The Balaban J connectivity index is 2.99. The molecule has 2 amide bonds. The minimum Gasteiger partial charge on any atom is -0.497 e. The highest BCUT2D eigenvalue weighted by Crippen LogP contribution is 2.17. The largest absolute Gasteiger partial charge is 0.497 e. The van der Waals surface area contributed by atoms with Gasteiger partial charge in [-0.15, -0.1) is 0 Å². The van der Waals surface area contributed by atoms with Crippen LogP contribution in [0.4, 0.5) is 0 Å². The second-order valence-electron chi connectivity index (χ2n) is 6.36. The van der Waals surface area contributed by atoms with Crippen LogP contribution in [0.25, 0.3) is 0 Å². The van der Waals surface area contributed by atoms with Crippen molar-refractivity contribution in [2.45, 2.75) is 72.0 Å². The van der Waals surface area contributed by atoms with Crippen LogP contribution in [0.5, 0.6) is 5.75 Å². The molecule has 140 valence electrons. The van der Waals surface area contributed by atoms with E-state index in [0.717, 1.165) is 24.2 Å². The van der Waals surface area contributed by atoms with Crippen LogP contribution in [0.3, 0.4) is 0 Å². The summed E-state index contributed by atoms with van der Waals surface area (Å²) in [5.41, 5.74) is 0.986. The summed E-state index contributed by atoms with van der Waals surface area (Å²) in [5, 5.41) is 3.01. The van der Waals surface area contributed by atoms with Gasteiger partial charge in [0.15, 0.2) is 0 Å². The maximum Gasteiger partial charge on any atom is 0.243 e. The number of nitrogens with zero attached hydrogens (tertiary/aromatic N) is 1. The summed E-state index contributed by atoms with van der Waals surface area (Å²) >= 11 is 0. The van der Waals surface area contributed by atoms with Crippen molar-refractivity contribution in [2.75, 3.05) is 7.11 Å². The van der Waals surface area contributed by atoms with E-state index in [1.165, 1.54) is 0 Å². The lowest BCUT2D eigenvalue weighted by Gasteiger charge is -2.31. The number of carbonyl (C=O) groups is 2. The molecular formula is C20H32N2O3. The molecule has 1 N–H and O–H groups in total. The van der Waals surface area contributed by atoms with Gasteiger partial charge in [-0.1, -0.05) is 32.9 Å². The molecule has 1 aromatic carbocycles. The third kappa shape index (κ3) is 6.40. The number of ether oxygens (including phenoxy) is 1. The van der Waals surface area contributed by atoms with Gasteiger partial charge < -0.3 is 15.0 Å². The Morgan fingerprint density at radius 3 is 2.24 bits per heavy atom. The van der Waals surface area contributed by atoms with E-state index < -0.39 is 6.04 Å². The third-order valence-electron chi connectivity index (χ3n) is 4.36. The molecule has 0 bridgehead atoms. The van der Waals surface area contributed by atoms with Gasteiger partial charge in [-0.3, -0.25) is 9.59 Å². The molecule has 5 heteroatoms. The van der Waals surface area contributed by atoms with Crippen LogP contribution in [-0.2, 0) is 16.1 Å². The van der Waals surface area contributed by atoms with Gasteiger partial charge in [0.2, 0.25) is 11.8 Å². The molecule has 0 aromatic heterocycles. The first kappa shape index (κ1) is 21.0. The Kier molecular flexibility index (Phi) is 9.03. The topological polar surface area (TPSA) is 58.6 Å². The van der Waals surface area contributed by atoms with Crippen LogP contribution in [0.2, 0.25) is 0 Å². The van der Waals surface area contributed by atoms with Crippen molar-refractivity contribution < 1.29 is 14.3 Å². The molecular weight excluding hydrogens is 316 g/mol. The zero-order chi connectivity index (χ0) is 18.8. The van der Waals surface area contributed by atoms with Crippen LogP contribution in [-0.4, -0.2) is 35.9 Å². The maximum atomic E-state index is 12.7. The van der Waals surface area contributed by atoms with Crippen LogP contribution < -0.4 is 10.1 Å². The quantitative estimate of drug-likeness (QED) is 0.704. The van der Waals surface area contributed by atoms with Crippen molar-refractivity contribution in [3.05, 3.63) is 29.8 Å². The summed E-state index contributed by atoms with van der Waals surface area (Å²) in [5.74, 6) is 0.719. The average molecular weight is 348 g/mol. The van der Waals surface area contributed by atoms with E-state index in [1.54, 1.807) is 12.0 Å². The van der Waals surface area contributed by atoms with E-state index in [2.05, 4.69) is 5.32 Å². The molecule has 0 aliphatic carbocycles. The van der Waals surface area contributed by atoms with Gasteiger partial charge in [-0.05, 0) is 43.9 Å². The van der Waals surface area contributed by atoms with Gasteiger partial charge in [0.25, 0.3) is 0 Å². The lowest BCUT2D eigenvalue weighted by atomic mass is 10.1. The van der Waals surface area contributed by atoms with Crippen molar-refractivity contribution in [1.29, 1.82) is 0 Å². The van der Waals surface area contributed by atoms with Gasteiger partial charge in [0.05, 0.1) is 7.11 Å². The first-order valence-electron chi connectivity index (χ1n) is 9.19. The summed E-state index contributed by atoms with van der Waals surface area (Å²) < 4.78 is 5.18. The summed E-state index contributed by atoms with van der Waals surface area (Å²) in [6.45, 7) is 8.36. The van der Waals surface area contributed by atoms with Gasteiger partial charge in [-0.25, -0.2) is 0 Å². The summed E-state index contributed by atoms with van der Waals surface area (Å²) in [7, 11) is 1.62. The fraction of sp³-hybridized carbons (Fsp3) is 0.600. The number of carbonyl (C=O) groups excluding carboxylic acids is 2. The van der Waals surface area contributed by atoms with Gasteiger partial charge in [0, 0.05) is 19.0 Å². The number of hydrogen-bond acceptors (Lipinski definition) is 3. The van der Waals surface area contributed by atoms with Gasteiger partial charge in [0.1, 0.15) is 11.8 Å². The van der Waals surface area contributed by atoms with E-state index in [4.69, 9.17) is 4.74 Å². The van der Waals surface area contributed by atoms with Crippen molar-refractivity contribution in [3.8, 4) is 5.75 Å². The second kappa shape index (κ2) is 10.7. The number of benzene rings is 1. The van der Waals surface area contributed by atoms with Crippen LogP contribution in [0.15, 0.2) is 24.3 Å². The maximum absolute atomic E-state index is 12.7. The summed E-state index contributed by atoms with van der Waals surface area (Å²) in [6, 6.07) is 7.27. The molecule has 0 saturated heterocycles. The molecule has 0 heterocycles. The average Bonchev–Trinajstić information content (AvgIpc) is 2.62. The monoisotopic (exact) mass is 348 g/mol. The SMILES string of the molecule is CCCC(=O)N(Cc1ccc(OC)cc1)[C@H](CC)C(=O)N[C@H](C)CC. The number of methoxy groups -OCH3 is 1. The Morgan fingerprint density at radius 2 is 1.76 bits per heavy atom. The summed E-state index contributed by atoms with van der Waals surface area (Å²) in [4.78, 5) is 27.0. The normalized spacial score (nSPS) is 13.0. The highest BCUT2D eigenvalue weighted by Gasteiger charge is 2.28. The number of amides is 2. The molecule has 0 radical (unpaired) electrons. The number of rotatable bonds is 10. The fourth-order valence-corrected chi connectivity index (χ4v) is 2.65. The first-order chi connectivity index (χ1) is 12.0. The number of nitrogens with one attached hydrogen (secondary N) is 1. The van der Waals surface area contributed by atoms with E-state index in [-0.39, 0.29) is 17.9 Å². The molecule has 0 saturated carbocycles. The molecule has 0 aliphatic rings. The lowest BCUT2D eigenvalue weighted by Crippen LogP contribution is -2.50. The predicted molar refractivity (Wildman–Crippen MR) is 100 cm³/mol. The van der Waals surface area contributed by atoms with Crippen molar-refractivity contribution in [2.24, 2.45) is 0 Å². The van der Waals surface area contributed by atoms with Crippen LogP contribution >= 0.6 is 0 Å². The van der Waals surface area contributed by atoms with Crippen LogP contribution in [0, 0.1) is 0 Å².